The first kappa shape index (κ1) is 67.5. The highest BCUT2D eigenvalue weighted by Crippen LogP contribution is 2.51. The summed E-state index contributed by atoms with van der Waals surface area (Å²) in [6, 6.07) is 159. The third-order valence-corrected chi connectivity index (χ3v) is 23.5. The van der Waals surface area contributed by atoms with Crippen LogP contribution in [-0.2, 0) is 0 Å². The second kappa shape index (κ2) is 28.4. The summed E-state index contributed by atoms with van der Waals surface area (Å²) in [5.74, 6) is 0. The van der Waals surface area contributed by atoms with E-state index in [1.54, 1.807) is 0 Å². The summed E-state index contributed by atoms with van der Waals surface area (Å²) < 4.78 is 13.6. The van der Waals surface area contributed by atoms with Gasteiger partial charge in [-0.2, -0.15) is 0 Å². The number of rotatable bonds is 15. The fourth-order valence-electron chi connectivity index (χ4n) is 17.9. The zero-order chi connectivity index (χ0) is 76.6. The maximum Gasteiger partial charge on any atom is 0.143 e. The van der Waals surface area contributed by atoms with E-state index in [2.05, 4.69) is 434 Å². The smallest absolute Gasteiger partial charge is 0.143 e. The summed E-state index contributed by atoms with van der Waals surface area (Å²) in [7, 11) is 0. The van der Waals surface area contributed by atoms with Crippen LogP contribution in [0.1, 0.15) is 0 Å². The number of anilines is 6. The molecule has 20 aromatic carbocycles. The summed E-state index contributed by atoms with van der Waals surface area (Å²) >= 11 is 0. The molecule has 0 aliphatic rings. The predicted molar refractivity (Wildman–Crippen MR) is 489 cm³/mol. The normalized spacial score (nSPS) is 11.6. The van der Waals surface area contributed by atoms with Crippen LogP contribution in [0.25, 0.3) is 187 Å². The Morgan fingerprint density at radius 1 is 0.147 bits per heavy atom. The van der Waals surface area contributed by atoms with Crippen molar-refractivity contribution in [3.8, 4) is 100 Å². The van der Waals surface area contributed by atoms with Crippen LogP contribution in [0.4, 0.5) is 34.1 Å². The van der Waals surface area contributed by atoms with Crippen molar-refractivity contribution in [1.29, 1.82) is 0 Å². The van der Waals surface area contributed by atoms with E-state index in [-0.39, 0.29) is 0 Å². The van der Waals surface area contributed by atoms with Crippen LogP contribution in [0, 0.1) is 0 Å². The van der Waals surface area contributed by atoms with E-state index >= 15 is 0 Å². The molecule has 22 rings (SSSR count). The largest absolute Gasteiger partial charge is 0.455 e. The third kappa shape index (κ3) is 11.9. The lowest BCUT2D eigenvalue weighted by Crippen LogP contribution is -2.12. The standard InChI is InChI=1S/C112H72N2O2/c1-2-27-78-69-85(56-52-73(78)24-1)94-67-62-82(72-105(94)83-30-19-31-88(71-83)113(86-63-58-76(59-64-86)91-41-20-28-74-25-3-5-32-89(74)91)106-47-14-10-37-97(106)101-43-22-45-103-99-39-12-17-50-109(99)115-111(101)103)80-53-54-81-70-84(57-55-79(81)68-80)93-34-7-8-35-95(93)96-36-9-15-48-107(96)114(87-65-60-77(61-66-87)92-42-21-29-75-26-4-6-33-90(75)92)108-49-16-11-38-98(108)102-44-23-46-104-100-40-13-18-51-110(100)116-112(102)104/h1-72H. The van der Waals surface area contributed by atoms with Gasteiger partial charge in [-0.15, -0.1) is 0 Å². The van der Waals surface area contributed by atoms with E-state index in [0.717, 1.165) is 178 Å². The van der Waals surface area contributed by atoms with Crippen LogP contribution in [0.5, 0.6) is 0 Å². The molecular weight excluding hydrogens is 1410 g/mol. The number of benzene rings is 20. The second-order valence-corrected chi connectivity index (χ2v) is 30.1. The van der Waals surface area contributed by atoms with Crippen molar-refractivity contribution in [3.63, 3.8) is 0 Å². The Balaban J connectivity index is 0.653. The van der Waals surface area contributed by atoms with Gasteiger partial charge in [0, 0.05) is 66.4 Å². The van der Waals surface area contributed by atoms with Gasteiger partial charge in [0.05, 0.1) is 17.1 Å². The Bertz CT molecular complexity index is 7600. The molecule has 0 fully saturated rings. The van der Waals surface area contributed by atoms with E-state index in [1.807, 2.05) is 12.1 Å². The molecular formula is C112H72N2O2. The van der Waals surface area contributed by atoms with Gasteiger partial charge in [-0.3, -0.25) is 0 Å². The molecule has 0 saturated heterocycles. The predicted octanol–water partition coefficient (Wildman–Crippen LogP) is 32.0. The fraction of sp³-hybridized carbons (Fsp3) is 0. The van der Waals surface area contributed by atoms with Crippen LogP contribution >= 0.6 is 0 Å². The average Bonchev–Trinajstić information content (AvgIpc) is 1.46. The number of hydrogen-bond acceptors (Lipinski definition) is 4. The Morgan fingerprint density at radius 3 is 1.05 bits per heavy atom. The maximum atomic E-state index is 6.81. The highest BCUT2D eigenvalue weighted by atomic mass is 16.3. The van der Waals surface area contributed by atoms with Gasteiger partial charge in [0.25, 0.3) is 0 Å². The molecule has 2 aromatic heterocycles. The first-order valence-corrected chi connectivity index (χ1v) is 39.7. The number of fused-ring (bicyclic) bond motifs is 10. The van der Waals surface area contributed by atoms with Crippen LogP contribution in [-0.4, -0.2) is 0 Å². The Labute approximate surface area is 672 Å². The maximum absolute atomic E-state index is 6.81. The van der Waals surface area contributed by atoms with Crippen molar-refractivity contribution >= 4 is 121 Å². The topological polar surface area (TPSA) is 32.8 Å². The molecule has 0 N–H and O–H groups in total. The van der Waals surface area contributed by atoms with Crippen LogP contribution in [0.3, 0.4) is 0 Å². The third-order valence-electron chi connectivity index (χ3n) is 23.5. The fourth-order valence-corrected chi connectivity index (χ4v) is 17.9. The zero-order valence-electron chi connectivity index (χ0n) is 63.3. The SMILES string of the molecule is c1cc(-c2cc(-c3ccc4cc(-c5ccccc5-c5ccccc5N(c5ccc(-c6cccc7ccccc67)cc5)c5ccccc5-c5cccc6c5oc5ccccc56)ccc4c3)ccc2-c2ccc3ccccc3c2)cc(N(c2ccc(-c3cccc4ccccc34)cc2)c2ccccc2-c2cccc3c2oc2ccccc23)c1. The second-order valence-electron chi connectivity index (χ2n) is 30.1. The molecule has 2 heterocycles. The number of hydrogen-bond donors (Lipinski definition) is 0. The average molecular weight is 1480 g/mol. The number of furan rings is 2. The van der Waals surface area contributed by atoms with Gasteiger partial charge < -0.3 is 18.6 Å². The first-order chi connectivity index (χ1) is 57.5. The lowest BCUT2D eigenvalue weighted by Gasteiger charge is -2.30. The zero-order valence-corrected chi connectivity index (χ0v) is 63.3. The summed E-state index contributed by atoms with van der Waals surface area (Å²) in [5, 5.41) is 14.0. The molecule has 542 valence electrons. The lowest BCUT2D eigenvalue weighted by atomic mass is 9.89. The van der Waals surface area contributed by atoms with Gasteiger partial charge in [0.15, 0.2) is 0 Å². The quantitative estimate of drug-likeness (QED) is 0.102. The van der Waals surface area contributed by atoms with Crippen molar-refractivity contribution in [2.75, 3.05) is 9.80 Å². The number of para-hydroxylation sites is 7. The molecule has 4 nitrogen and oxygen atoms in total. The summed E-state index contributed by atoms with van der Waals surface area (Å²) in [5.41, 5.74) is 29.8. The van der Waals surface area contributed by atoms with Gasteiger partial charge in [0.2, 0.25) is 0 Å². The minimum atomic E-state index is 0.863. The molecule has 116 heavy (non-hydrogen) atoms. The van der Waals surface area contributed by atoms with E-state index in [4.69, 9.17) is 8.83 Å². The van der Waals surface area contributed by atoms with E-state index in [0.29, 0.717) is 0 Å². The molecule has 0 bridgehead atoms. The van der Waals surface area contributed by atoms with E-state index < -0.39 is 0 Å². The number of nitrogens with zero attached hydrogens (tertiary/aromatic N) is 2. The highest BCUT2D eigenvalue weighted by Gasteiger charge is 2.27. The lowest BCUT2D eigenvalue weighted by molar-refractivity contribution is 0.669. The van der Waals surface area contributed by atoms with Crippen LogP contribution < -0.4 is 9.80 Å². The minimum Gasteiger partial charge on any atom is -0.455 e. The molecule has 0 radical (unpaired) electrons. The Kier molecular flexibility index (Phi) is 16.6. The van der Waals surface area contributed by atoms with Gasteiger partial charge in [-0.05, 0) is 206 Å². The molecule has 0 amide bonds. The van der Waals surface area contributed by atoms with Crippen molar-refractivity contribution in [2.45, 2.75) is 0 Å². The van der Waals surface area contributed by atoms with Crippen molar-refractivity contribution < 1.29 is 8.83 Å². The molecule has 0 spiro atoms. The van der Waals surface area contributed by atoms with E-state index in [1.165, 1.54) is 43.4 Å². The van der Waals surface area contributed by atoms with Gasteiger partial charge in [0.1, 0.15) is 22.3 Å². The minimum absolute atomic E-state index is 0.863. The monoisotopic (exact) mass is 1480 g/mol. The molecule has 0 saturated carbocycles. The highest BCUT2D eigenvalue weighted by molar-refractivity contribution is 6.13. The summed E-state index contributed by atoms with van der Waals surface area (Å²) in [4.78, 5) is 4.87. The molecule has 4 heteroatoms. The molecule has 0 aliphatic heterocycles. The van der Waals surface area contributed by atoms with Crippen molar-refractivity contribution in [1.82, 2.24) is 0 Å². The molecule has 0 unspecified atom stereocenters. The van der Waals surface area contributed by atoms with Crippen molar-refractivity contribution in [3.05, 3.63) is 437 Å². The van der Waals surface area contributed by atoms with Crippen LogP contribution in [0.2, 0.25) is 0 Å². The molecule has 0 atom stereocenters. The molecule has 0 aliphatic carbocycles. The Morgan fingerprint density at radius 2 is 0.483 bits per heavy atom. The van der Waals surface area contributed by atoms with Crippen LogP contribution in [0.15, 0.2) is 446 Å². The first-order valence-electron chi connectivity index (χ1n) is 39.7. The van der Waals surface area contributed by atoms with Gasteiger partial charge in [-0.25, -0.2) is 0 Å². The summed E-state index contributed by atoms with van der Waals surface area (Å²) in [6.07, 6.45) is 0. The van der Waals surface area contributed by atoms with Crippen molar-refractivity contribution in [2.24, 2.45) is 0 Å². The van der Waals surface area contributed by atoms with Gasteiger partial charge in [-0.1, -0.05) is 346 Å². The van der Waals surface area contributed by atoms with Gasteiger partial charge >= 0.3 is 0 Å². The summed E-state index contributed by atoms with van der Waals surface area (Å²) in [6.45, 7) is 0. The van der Waals surface area contributed by atoms with E-state index in [9.17, 15) is 0 Å². The molecule has 22 aromatic rings. The Hall–Kier alpha value is -15.4.